The minimum absolute atomic E-state index is 0.0171. The molecule has 0 heterocycles. The molecule has 0 aromatic heterocycles. The summed E-state index contributed by atoms with van der Waals surface area (Å²) in [7, 11) is 7.85. The van der Waals surface area contributed by atoms with Crippen molar-refractivity contribution in [1.82, 2.24) is 9.80 Å². The Labute approximate surface area is 106 Å². The molecular weight excluding hydrogens is 220 g/mol. The maximum absolute atomic E-state index is 5.63. The van der Waals surface area contributed by atoms with E-state index in [2.05, 4.69) is 0 Å². The summed E-state index contributed by atoms with van der Waals surface area (Å²) in [5.74, 6) is 0. The summed E-state index contributed by atoms with van der Waals surface area (Å²) < 4.78 is 16.9. The monoisotopic (exact) mass is 248 g/mol. The van der Waals surface area contributed by atoms with Crippen molar-refractivity contribution in [2.24, 2.45) is 0 Å². The highest BCUT2D eigenvalue weighted by molar-refractivity contribution is 4.48. The van der Waals surface area contributed by atoms with Gasteiger partial charge in [0.1, 0.15) is 12.5 Å². The highest BCUT2D eigenvalue weighted by Gasteiger charge is 2.16. The largest absolute Gasteiger partial charge is 0.335 e. The predicted molar refractivity (Wildman–Crippen MR) is 68.5 cm³/mol. The lowest BCUT2D eigenvalue weighted by Gasteiger charge is -2.29. The van der Waals surface area contributed by atoms with E-state index >= 15 is 0 Å². The van der Waals surface area contributed by atoms with Crippen LogP contribution in [0.25, 0.3) is 0 Å². The summed E-state index contributed by atoms with van der Waals surface area (Å²) in [5.41, 5.74) is 0. The van der Waals surface area contributed by atoms with Crippen LogP contribution in [-0.4, -0.2) is 63.0 Å². The fourth-order valence-electron chi connectivity index (χ4n) is 1.13. The molecule has 5 heteroatoms. The van der Waals surface area contributed by atoms with Crippen molar-refractivity contribution in [3.8, 4) is 0 Å². The van der Waals surface area contributed by atoms with Gasteiger partial charge in [-0.3, -0.25) is 9.80 Å². The van der Waals surface area contributed by atoms with Crippen LogP contribution >= 0.6 is 0 Å². The van der Waals surface area contributed by atoms with Crippen LogP contribution in [0.5, 0.6) is 0 Å². The van der Waals surface area contributed by atoms with E-state index in [0.29, 0.717) is 0 Å². The number of nitrogens with zero attached hydrogens (tertiary/aromatic N) is 2. The zero-order valence-corrected chi connectivity index (χ0v) is 12.4. The fraction of sp³-hybridized carbons (Fsp3) is 1.00. The van der Waals surface area contributed by atoms with E-state index in [1.165, 1.54) is 0 Å². The summed E-state index contributed by atoms with van der Waals surface area (Å²) in [6.45, 7) is 7.71. The summed E-state index contributed by atoms with van der Waals surface area (Å²) in [6.07, 6.45) is -0.555. The van der Waals surface area contributed by atoms with Gasteiger partial charge in [0, 0.05) is 0 Å². The van der Waals surface area contributed by atoms with E-state index in [1.807, 2.05) is 65.7 Å². The van der Waals surface area contributed by atoms with Gasteiger partial charge < -0.3 is 14.2 Å². The standard InChI is InChI=1S/C12H28N2O3/c1-9(13(5)6)15-11(3)17-12(4)16-10(2)14(7)8/h9-12H,1-8H3. The van der Waals surface area contributed by atoms with Crippen molar-refractivity contribution in [1.29, 1.82) is 0 Å². The van der Waals surface area contributed by atoms with Crippen LogP contribution in [0.2, 0.25) is 0 Å². The zero-order valence-electron chi connectivity index (χ0n) is 12.4. The molecule has 0 N–H and O–H groups in total. The van der Waals surface area contributed by atoms with Crippen LogP contribution in [0.4, 0.5) is 0 Å². The van der Waals surface area contributed by atoms with E-state index in [-0.39, 0.29) is 25.0 Å². The van der Waals surface area contributed by atoms with Crippen LogP contribution in [-0.2, 0) is 14.2 Å². The first kappa shape index (κ1) is 16.8. The normalized spacial score (nSPS) is 19.4. The van der Waals surface area contributed by atoms with Gasteiger partial charge in [-0.25, -0.2) is 0 Å². The van der Waals surface area contributed by atoms with Gasteiger partial charge in [0.05, 0.1) is 0 Å². The molecule has 0 radical (unpaired) electrons. The Kier molecular flexibility index (Phi) is 7.91. The predicted octanol–water partition coefficient (Wildman–Crippen LogP) is 1.54. The third-order valence-electron chi connectivity index (χ3n) is 2.61. The molecule has 0 aliphatic rings. The van der Waals surface area contributed by atoms with Crippen molar-refractivity contribution >= 4 is 0 Å². The lowest BCUT2D eigenvalue weighted by atomic mass is 10.5. The highest BCUT2D eigenvalue weighted by atomic mass is 16.8. The Morgan fingerprint density at radius 1 is 0.588 bits per heavy atom. The van der Waals surface area contributed by atoms with Gasteiger partial charge in [0.15, 0.2) is 12.6 Å². The first-order valence-electron chi connectivity index (χ1n) is 6.03. The average molecular weight is 248 g/mol. The topological polar surface area (TPSA) is 34.2 Å². The van der Waals surface area contributed by atoms with E-state index in [1.54, 1.807) is 0 Å². The quantitative estimate of drug-likeness (QED) is 0.609. The second kappa shape index (κ2) is 8.00. The summed E-state index contributed by atoms with van der Waals surface area (Å²) in [6, 6.07) is 0. The average Bonchev–Trinajstić information content (AvgIpc) is 2.16. The van der Waals surface area contributed by atoms with E-state index in [9.17, 15) is 0 Å². The fourth-order valence-corrected chi connectivity index (χ4v) is 1.13. The third-order valence-corrected chi connectivity index (χ3v) is 2.61. The van der Waals surface area contributed by atoms with Gasteiger partial charge in [-0.1, -0.05) is 0 Å². The van der Waals surface area contributed by atoms with Gasteiger partial charge in [-0.15, -0.1) is 0 Å². The molecule has 0 aliphatic heterocycles. The first-order valence-corrected chi connectivity index (χ1v) is 6.03. The molecule has 104 valence electrons. The molecule has 17 heavy (non-hydrogen) atoms. The van der Waals surface area contributed by atoms with Crippen LogP contribution < -0.4 is 0 Å². The lowest BCUT2D eigenvalue weighted by Crippen LogP contribution is -2.36. The van der Waals surface area contributed by atoms with Gasteiger partial charge in [0.25, 0.3) is 0 Å². The Bertz CT molecular complexity index is 180. The SMILES string of the molecule is CC(OC(C)OC(C)N(C)C)OC(C)N(C)C. The van der Waals surface area contributed by atoms with E-state index in [0.717, 1.165) is 0 Å². The van der Waals surface area contributed by atoms with Crippen molar-refractivity contribution < 1.29 is 14.2 Å². The summed E-state index contributed by atoms with van der Waals surface area (Å²) in [4.78, 5) is 3.96. The second-order valence-electron chi connectivity index (χ2n) is 4.67. The molecule has 4 atom stereocenters. The van der Waals surface area contributed by atoms with Crippen molar-refractivity contribution in [2.75, 3.05) is 28.2 Å². The summed E-state index contributed by atoms with van der Waals surface area (Å²) in [5, 5.41) is 0. The smallest absolute Gasteiger partial charge is 0.160 e. The van der Waals surface area contributed by atoms with Gasteiger partial charge in [-0.05, 0) is 55.9 Å². The van der Waals surface area contributed by atoms with Crippen LogP contribution in [0.3, 0.4) is 0 Å². The molecule has 0 saturated heterocycles. The Morgan fingerprint density at radius 2 is 0.882 bits per heavy atom. The molecule has 0 aromatic rings. The van der Waals surface area contributed by atoms with Crippen LogP contribution in [0, 0.1) is 0 Å². The van der Waals surface area contributed by atoms with Crippen molar-refractivity contribution in [2.45, 2.75) is 52.7 Å². The van der Waals surface area contributed by atoms with Crippen LogP contribution in [0.15, 0.2) is 0 Å². The minimum Gasteiger partial charge on any atom is -0.335 e. The molecule has 0 saturated carbocycles. The lowest BCUT2D eigenvalue weighted by molar-refractivity contribution is -0.274. The molecule has 0 aromatic carbocycles. The maximum Gasteiger partial charge on any atom is 0.160 e. The molecule has 0 bridgehead atoms. The number of rotatable bonds is 8. The number of ether oxygens (including phenoxy) is 3. The second-order valence-corrected chi connectivity index (χ2v) is 4.67. The van der Waals surface area contributed by atoms with Gasteiger partial charge in [-0.2, -0.15) is 0 Å². The Hall–Kier alpha value is -0.200. The van der Waals surface area contributed by atoms with Crippen LogP contribution in [0.1, 0.15) is 27.7 Å². The first-order chi connectivity index (χ1) is 7.73. The zero-order chi connectivity index (χ0) is 13.6. The highest BCUT2D eigenvalue weighted by Crippen LogP contribution is 2.08. The van der Waals surface area contributed by atoms with Gasteiger partial charge in [0.2, 0.25) is 0 Å². The number of hydrogen-bond acceptors (Lipinski definition) is 5. The van der Waals surface area contributed by atoms with Gasteiger partial charge >= 0.3 is 0 Å². The molecule has 0 fully saturated rings. The molecular formula is C12H28N2O3. The molecule has 0 rings (SSSR count). The van der Waals surface area contributed by atoms with E-state index < -0.39 is 0 Å². The third kappa shape index (κ3) is 7.68. The molecule has 5 nitrogen and oxygen atoms in total. The molecule has 0 amide bonds. The molecule has 0 aliphatic carbocycles. The molecule has 0 spiro atoms. The molecule has 4 unspecified atom stereocenters. The minimum atomic E-state index is -0.295. The van der Waals surface area contributed by atoms with E-state index in [4.69, 9.17) is 14.2 Å². The maximum atomic E-state index is 5.63. The Balaban J connectivity index is 3.91. The van der Waals surface area contributed by atoms with Crippen molar-refractivity contribution in [3.63, 3.8) is 0 Å². The Morgan fingerprint density at radius 3 is 1.12 bits per heavy atom. The van der Waals surface area contributed by atoms with Crippen molar-refractivity contribution in [3.05, 3.63) is 0 Å². The summed E-state index contributed by atoms with van der Waals surface area (Å²) >= 11 is 0. The number of hydrogen-bond donors (Lipinski definition) is 0.